The molecule has 1 aromatic carbocycles. The van der Waals surface area contributed by atoms with Crippen molar-refractivity contribution in [3.63, 3.8) is 0 Å². The SMILES string of the molecule is O[C@H]1CCCC[C@@H]1Nc1cc(Cl)cc(C(F)(F)F)c1. The summed E-state index contributed by atoms with van der Waals surface area (Å²) in [7, 11) is 0. The van der Waals surface area contributed by atoms with E-state index in [9.17, 15) is 18.3 Å². The summed E-state index contributed by atoms with van der Waals surface area (Å²) in [4.78, 5) is 0. The second-order valence-corrected chi connectivity index (χ2v) is 5.27. The first-order chi connectivity index (χ1) is 8.86. The number of aliphatic hydroxyl groups excluding tert-OH is 1. The lowest BCUT2D eigenvalue weighted by Gasteiger charge is -2.29. The molecule has 1 aliphatic rings. The van der Waals surface area contributed by atoms with Gasteiger partial charge in [-0.15, -0.1) is 0 Å². The van der Waals surface area contributed by atoms with Gasteiger partial charge < -0.3 is 10.4 Å². The number of anilines is 1. The molecule has 0 saturated heterocycles. The van der Waals surface area contributed by atoms with Crippen molar-refractivity contribution in [1.29, 1.82) is 0 Å². The van der Waals surface area contributed by atoms with Gasteiger partial charge in [0.1, 0.15) is 0 Å². The maximum Gasteiger partial charge on any atom is 0.416 e. The van der Waals surface area contributed by atoms with E-state index in [1.807, 2.05) is 0 Å². The zero-order valence-electron chi connectivity index (χ0n) is 10.2. The van der Waals surface area contributed by atoms with Gasteiger partial charge in [-0.05, 0) is 31.0 Å². The van der Waals surface area contributed by atoms with E-state index in [0.29, 0.717) is 12.1 Å². The molecule has 2 atom stereocenters. The first-order valence-corrected chi connectivity index (χ1v) is 6.56. The Morgan fingerprint density at radius 1 is 1.16 bits per heavy atom. The third-order valence-electron chi connectivity index (χ3n) is 3.31. The molecule has 106 valence electrons. The first-order valence-electron chi connectivity index (χ1n) is 6.18. The molecule has 0 radical (unpaired) electrons. The molecule has 19 heavy (non-hydrogen) atoms. The second-order valence-electron chi connectivity index (χ2n) is 4.83. The highest BCUT2D eigenvalue weighted by molar-refractivity contribution is 6.30. The van der Waals surface area contributed by atoms with Gasteiger partial charge in [0.25, 0.3) is 0 Å². The van der Waals surface area contributed by atoms with Crippen LogP contribution in [0.1, 0.15) is 31.2 Å². The van der Waals surface area contributed by atoms with Crippen molar-refractivity contribution < 1.29 is 18.3 Å². The Morgan fingerprint density at radius 2 is 1.84 bits per heavy atom. The molecule has 2 N–H and O–H groups in total. The molecule has 1 fully saturated rings. The highest BCUT2D eigenvalue weighted by Crippen LogP contribution is 2.34. The van der Waals surface area contributed by atoms with E-state index in [4.69, 9.17) is 11.6 Å². The first kappa shape index (κ1) is 14.5. The number of hydrogen-bond donors (Lipinski definition) is 2. The third kappa shape index (κ3) is 3.76. The van der Waals surface area contributed by atoms with E-state index >= 15 is 0 Å². The van der Waals surface area contributed by atoms with Crippen LogP contribution in [-0.4, -0.2) is 17.3 Å². The van der Waals surface area contributed by atoms with Crippen molar-refractivity contribution in [3.05, 3.63) is 28.8 Å². The summed E-state index contributed by atoms with van der Waals surface area (Å²) in [5, 5.41) is 12.8. The van der Waals surface area contributed by atoms with Crippen LogP contribution in [0.4, 0.5) is 18.9 Å². The van der Waals surface area contributed by atoms with Gasteiger partial charge in [0.15, 0.2) is 0 Å². The molecule has 2 nitrogen and oxygen atoms in total. The topological polar surface area (TPSA) is 32.3 Å². The van der Waals surface area contributed by atoms with E-state index < -0.39 is 17.8 Å². The fourth-order valence-electron chi connectivity index (χ4n) is 2.33. The predicted octanol–water partition coefficient (Wildman–Crippen LogP) is 4.07. The number of benzene rings is 1. The summed E-state index contributed by atoms with van der Waals surface area (Å²) in [6, 6.07) is 3.14. The Kier molecular flexibility index (Phi) is 4.26. The van der Waals surface area contributed by atoms with Crippen LogP contribution in [0.15, 0.2) is 18.2 Å². The molecule has 0 unspecified atom stereocenters. The summed E-state index contributed by atoms with van der Waals surface area (Å²) in [6.45, 7) is 0. The average Bonchev–Trinajstić information content (AvgIpc) is 2.30. The van der Waals surface area contributed by atoms with E-state index in [-0.39, 0.29) is 11.1 Å². The summed E-state index contributed by atoms with van der Waals surface area (Å²) in [6.07, 6.45) is -1.63. The van der Waals surface area contributed by atoms with Crippen LogP contribution in [0.5, 0.6) is 0 Å². The minimum Gasteiger partial charge on any atom is -0.391 e. The molecule has 0 heterocycles. The van der Waals surface area contributed by atoms with Gasteiger partial charge in [-0.3, -0.25) is 0 Å². The molecule has 1 saturated carbocycles. The molecule has 0 spiro atoms. The molecule has 1 aliphatic carbocycles. The van der Waals surface area contributed by atoms with Crippen LogP contribution in [0, 0.1) is 0 Å². The van der Waals surface area contributed by atoms with Crippen LogP contribution in [0.2, 0.25) is 5.02 Å². The van der Waals surface area contributed by atoms with E-state index in [0.717, 1.165) is 31.4 Å². The second kappa shape index (κ2) is 5.59. The van der Waals surface area contributed by atoms with Crippen LogP contribution >= 0.6 is 11.6 Å². The van der Waals surface area contributed by atoms with Crippen molar-refractivity contribution >= 4 is 17.3 Å². The molecular weight excluding hydrogens is 279 g/mol. The zero-order valence-corrected chi connectivity index (χ0v) is 10.9. The van der Waals surface area contributed by atoms with Crippen LogP contribution < -0.4 is 5.32 Å². The van der Waals surface area contributed by atoms with Gasteiger partial charge >= 0.3 is 6.18 Å². The molecule has 1 aromatic rings. The van der Waals surface area contributed by atoms with Crippen LogP contribution in [0.25, 0.3) is 0 Å². The van der Waals surface area contributed by atoms with Gasteiger partial charge in [-0.1, -0.05) is 24.4 Å². The Balaban J connectivity index is 2.18. The van der Waals surface area contributed by atoms with Gasteiger partial charge in [-0.2, -0.15) is 13.2 Å². The van der Waals surface area contributed by atoms with E-state index in [1.165, 1.54) is 6.07 Å². The van der Waals surface area contributed by atoms with Crippen molar-refractivity contribution in [2.75, 3.05) is 5.32 Å². The minimum atomic E-state index is -4.42. The van der Waals surface area contributed by atoms with Crippen LogP contribution in [0.3, 0.4) is 0 Å². The molecule has 0 aromatic heterocycles. The predicted molar refractivity (Wildman–Crippen MR) is 68.3 cm³/mol. The third-order valence-corrected chi connectivity index (χ3v) is 3.52. The van der Waals surface area contributed by atoms with Crippen molar-refractivity contribution in [2.45, 2.75) is 44.0 Å². The Morgan fingerprint density at radius 3 is 2.47 bits per heavy atom. The quantitative estimate of drug-likeness (QED) is 0.861. The molecule has 6 heteroatoms. The lowest BCUT2D eigenvalue weighted by atomic mass is 9.92. The fraction of sp³-hybridized carbons (Fsp3) is 0.538. The number of halogens is 4. The normalized spacial score (nSPS) is 24.3. The average molecular weight is 294 g/mol. The summed E-state index contributed by atoms with van der Waals surface area (Å²) in [5.41, 5.74) is -0.487. The molecule has 0 bridgehead atoms. The lowest BCUT2D eigenvalue weighted by molar-refractivity contribution is -0.137. The van der Waals surface area contributed by atoms with Gasteiger partial charge in [0, 0.05) is 10.7 Å². The maximum atomic E-state index is 12.7. The molecule has 0 amide bonds. The largest absolute Gasteiger partial charge is 0.416 e. The summed E-state index contributed by atoms with van der Waals surface area (Å²) in [5.74, 6) is 0. The lowest BCUT2D eigenvalue weighted by Crippen LogP contribution is -2.36. The standard InChI is InChI=1S/C13H15ClF3NO/c14-9-5-8(13(15,16)17)6-10(7-9)18-11-3-1-2-4-12(11)19/h5-7,11-12,18-19H,1-4H2/t11-,12-/m0/s1. The van der Waals surface area contributed by atoms with Gasteiger partial charge in [0.2, 0.25) is 0 Å². The number of aliphatic hydroxyl groups is 1. The molecular formula is C13H15ClF3NO. The fourth-order valence-corrected chi connectivity index (χ4v) is 2.57. The van der Waals surface area contributed by atoms with Gasteiger partial charge in [0.05, 0.1) is 17.7 Å². The number of hydrogen-bond acceptors (Lipinski definition) is 2. The van der Waals surface area contributed by atoms with Crippen molar-refractivity contribution in [2.24, 2.45) is 0 Å². The number of alkyl halides is 3. The molecule has 2 rings (SSSR count). The molecule has 0 aliphatic heterocycles. The van der Waals surface area contributed by atoms with E-state index in [1.54, 1.807) is 0 Å². The Hall–Kier alpha value is -0.940. The summed E-state index contributed by atoms with van der Waals surface area (Å²) >= 11 is 5.71. The zero-order chi connectivity index (χ0) is 14.0. The Bertz CT molecular complexity index is 450. The van der Waals surface area contributed by atoms with Gasteiger partial charge in [-0.25, -0.2) is 0 Å². The van der Waals surface area contributed by atoms with E-state index in [2.05, 4.69) is 5.32 Å². The number of nitrogens with one attached hydrogen (secondary N) is 1. The van der Waals surface area contributed by atoms with Crippen molar-refractivity contribution in [1.82, 2.24) is 0 Å². The Labute approximate surface area is 114 Å². The summed E-state index contributed by atoms with van der Waals surface area (Å²) < 4.78 is 38.0. The van der Waals surface area contributed by atoms with Crippen LogP contribution in [-0.2, 0) is 6.18 Å². The highest BCUT2D eigenvalue weighted by Gasteiger charge is 2.31. The smallest absolute Gasteiger partial charge is 0.391 e. The monoisotopic (exact) mass is 293 g/mol. The maximum absolute atomic E-state index is 12.7. The minimum absolute atomic E-state index is 0.0302. The van der Waals surface area contributed by atoms with Crippen molar-refractivity contribution in [3.8, 4) is 0 Å². The highest BCUT2D eigenvalue weighted by atomic mass is 35.5. The number of rotatable bonds is 2.